The van der Waals surface area contributed by atoms with Crippen LogP contribution in [0.4, 0.5) is 0 Å². The van der Waals surface area contributed by atoms with E-state index in [0.29, 0.717) is 11.3 Å². The monoisotopic (exact) mass is 794 g/mol. The summed E-state index contributed by atoms with van der Waals surface area (Å²) in [5.74, 6) is 0. The minimum Gasteiger partial charge on any atom is -0.305 e. The van der Waals surface area contributed by atoms with Gasteiger partial charge in [-0.05, 0) is 57.3 Å². The third-order valence-corrected chi connectivity index (χ3v) is 9.16. The first-order valence-electron chi connectivity index (χ1n) is 17.7. The minimum atomic E-state index is -2.20. The summed E-state index contributed by atoms with van der Waals surface area (Å²) < 4.78 is 40.9. The van der Waals surface area contributed by atoms with Crippen LogP contribution in [-0.4, -0.2) is 18.0 Å². The Balaban J connectivity index is 0.000000270. The Hall–Kier alpha value is -3.17. The molecule has 0 spiro atoms. The zero-order valence-corrected chi connectivity index (χ0v) is 31.4. The van der Waals surface area contributed by atoms with E-state index in [0.717, 1.165) is 33.1 Å². The zero-order chi connectivity index (χ0) is 36.4. The van der Waals surface area contributed by atoms with E-state index < -0.39 is 26.7 Å². The molecular weight excluding hydrogens is 741 g/mol. The first kappa shape index (κ1) is 29.2. The van der Waals surface area contributed by atoms with E-state index in [2.05, 4.69) is 63.6 Å². The standard InChI is InChI=1S/C23H34NSi.C18H14N.Ir/c1-22(2,3)15-18-14-20(24-16-21(18)25(7,8)9)17-10-12-19(13-11-17)23(4,5)6;1-14-13-19-18(16-10-6-3-7-11-16)12-17(14)15-8-4-2-5-9-15;/h10,12-14,16H,15H2,1-9H3;2-10,12-13H,1H3;/q2*-1;/i15D2;1D3;. The Morgan fingerprint density at radius 1 is 0.778 bits per heavy atom. The molecule has 0 aliphatic carbocycles. The third-order valence-electron chi connectivity index (χ3n) is 7.15. The zero-order valence-electron chi connectivity index (χ0n) is 33.0. The molecule has 1 radical (unpaired) electrons. The quantitative estimate of drug-likeness (QED) is 0.131. The molecule has 2 aromatic heterocycles. The fourth-order valence-electron chi connectivity index (χ4n) is 4.77. The second-order valence-corrected chi connectivity index (χ2v) is 19.3. The van der Waals surface area contributed by atoms with Crippen LogP contribution in [-0.2, 0) is 31.9 Å². The van der Waals surface area contributed by atoms with Crippen molar-refractivity contribution >= 4 is 13.3 Å². The number of nitrogens with zero attached hydrogens (tertiary/aromatic N) is 2. The number of pyridine rings is 2. The second kappa shape index (κ2) is 14.9. The molecule has 0 aliphatic rings. The Kier molecular flexibility index (Phi) is 9.71. The summed E-state index contributed by atoms with van der Waals surface area (Å²) in [5.41, 5.74) is 6.68. The van der Waals surface area contributed by atoms with Gasteiger partial charge in [0.15, 0.2) is 0 Å². The normalized spacial score (nSPS) is 13.9. The van der Waals surface area contributed by atoms with Crippen LogP contribution >= 0.6 is 0 Å². The van der Waals surface area contributed by atoms with E-state index in [-0.39, 0.29) is 31.1 Å². The van der Waals surface area contributed by atoms with Crippen LogP contribution < -0.4 is 5.19 Å². The molecule has 45 heavy (non-hydrogen) atoms. The van der Waals surface area contributed by atoms with Gasteiger partial charge < -0.3 is 9.97 Å². The van der Waals surface area contributed by atoms with Crippen molar-refractivity contribution in [3.05, 3.63) is 126 Å². The SMILES string of the molecule is [2H]C([2H])([2H])c1cnc(-c2[c-]cccc2)cc1-c1ccccc1.[2H]C([2H])(c1cc(-c2[c-]cc(C(C)(C)C)cc2)ncc1[Si](C)(C)C)C(C)(C)C.[Ir]. The van der Waals surface area contributed by atoms with Crippen molar-refractivity contribution in [2.24, 2.45) is 5.41 Å². The molecule has 3 aromatic carbocycles. The Bertz CT molecular complexity index is 1860. The van der Waals surface area contributed by atoms with Crippen molar-refractivity contribution in [2.45, 2.75) is 79.8 Å². The van der Waals surface area contributed by atoms with Crippen LogP contribution in [0.5, 0.6) is 0 Å². The number of aromatic nitrogens is 2. The largest absolute Gasteiger partial charge is 0.305 e. The molecule has 0 N–H and O–H groups in total. The maximum Gasteiger partial charge on any atom is 0.0798 e. The molecule has 0 saturated heterocycles. The summed E-state index contributed by atoms with van der Waals surface area (Å²) in [4.78, 5) is 9.01. The maximum absolute atomic E-state index is 8.87. The van der Waals surface area contributed by atoms with Crippen molar-refractivity contribution < 1.29 is 27.0 Å². The summed E-state index contributed by atoms with van der Waals surface area (Å²) >= 11 is 0. The van der Waals surface area contributed by atoms with Crippen LogP contribution in [0.15, 0.2) is 97.3 Å². The number of benzene rings is 3. The van der Waals surface area contributed by atoms with Gasteiger partial charge >= 0.3 is 0 Å². The molecule has 5 rings (SSSR count). The molecule has 0 bridgehead atoms. The molecule has 0 fully saturated rings. The molecule has 0 unspecified atom stereocenters. The Morgan fingerprint density at radius 3 is 1.98 bits per heavy atom. The van der Waals surface area contributed by atoms with E-state index in [1.807, 2.05) is 106 Å². The number of rotatable bonds is 5. The summed E-state index contributed by atoms with van der Waals surface area (Å²) in [7, 11) is -1.74. The van der Waals surface area contributed by atoms with Crippen molar-refractivity contribution in [3.63, 3.8) is 0 Å². The number of hydrogen-bond acceptors (Lipinski definition) is 2. The first-order chi connectivity index (χ1) is 22.6. The fourth-order valence-corrected chi connectivity index (χ4v) is 6.16. The van der Waals surface area contributed by atoms with E-state index in [9.17, 15) is 0 Å². The van der Waals surface area contributed by atoms with E-state index in [4.69, 9.17) is 11.8 Å². The maximum atomic E-state index is 8.87. The predicted molar refractivity (Wildman–Crippen MR) is 192 cm³/mol. The van der Waals surface area contributed by atoms with Gasteiger partial charge in [-0.15, -0.1) is 71.3 Å². The van der Waals surface area contributed by atoms with Gasteiger partial charge in [0.1, 0.15) is 0 Å². The summed E-state index contributed by atoms with van der Waals surface area (Å²) in [6, 6.07) is 33.5. The van der Waals surface area contributed by atoms with Gasteiger partial charge in [-0.3, -0.25) is 0 Å². The number of hydrogen-bond donors (Lipinski definition) is 0. The van der Waals surface area contributed by atoms with Crippen LogP contribution in [0.1, 0.15) is 65.1 Å². The van der Waals surface area contributed by atoms with Gasteiger partial charge in [0, 0.05) is 39.4 Å². The van der Waals surface area contributed by atoms with Crippen LogP contribution in [0.3, 0.4) is 0 Å². The third kappa shape index (κ3) is 10.2. The Morgan fingerprint density at radius 2 is 1.42 bits per heavy atom. The molecule has 0 atom stereocenters. The second-order valence-electron chi connectivity index (χ2n) is 14.2. The fraction of sp³-hybridized carbons (Fsp3) is 0.317. The van der Waals surface area contributed by atoms with Crippen molar-refractivity contribution in [1.29, 1.82) is 0 Å². The molecule has 5 aromatic rings. The molecule has 0 aliphatic heterocycles. The van der Waals surface area contributed by atoms with E-state index in [1.165, 1.54) is 11.8 Å². The summed E-state index contributed by atoms with van der Waals surface area (Å²) in [6.45, 7) is 17.0. The van der Waals surface area contributed by atoms with Gasteiger partial charge in [0.25, 0.3) is 0 Å². The van der Waals surface area contributed by atoms with Gasteiger partial charge in [-0.1, -0.05) is 109 Å². The molecule has 0 amide bonds. The summed E-state index contributed by atoms with van der Waals surface area (Å²) in [6.07, 6.45) is 1.92. The van der Waals surface area contributed by atoms with Gasteiger partial charge in [-0.2, -0.15) is 0 Å². The molecular formula is C41H48IrN2Si-2. The molecule has 2 heterocycles. The molecule has 4 heteroatoms. The van der Waals surface area contributed by atoms with Crippen molar-refractivity contribution in [2.75, 3.05) is 0 Å². The average Bonchev–Trinajstić information content (AvgIpc) is 3.03. The van der Waals surface area contributed by atoms with Gasteiger partial charge in [0.05, 0.1) is 8.07 Å². The van der Waals surface area contributed by atoms with Crippen molar-refractivity contribution in [1.82, 2.24) is 9.97 Å². The Labute approximate surface area is 294 Å². The average molecular weight is 794 g/mol. The van der Waals surface area contributed by atoms with E-state index in [1.54, 1.807) is 0 Å². The molecule has 237 valence electrons. The van der Waals surface area contributed by atoms with Gasteiger partial charge in [0.2, 0.25) is 0 Å². The first-order valence-corrected chi connectivity index (χ1v) is 18.7. The van der Waals surface area contributed by atoms with Gasteiger partial charge in [-0.25, -0.2) is 0 Å². The smallest absolute Gasteiger partial charge is 0.0798 e. The minimum absolute atomic E-state index is 0. The molecule has 2 nitrogen and oxygen atoms in total. The summed E-state index contributed by atoms with van der Waals surface area (Å²) in [5, 5.41) is 1.09. The van der Waals surface area contributed by atoms with Crippen LogP contribution in [0.25, 0.3) is 33.6 Å². The van der Waals surface area contributed by atoms with Crippen molar-refractivity contribution in [3.8, 4) is 33.6 Å². The topological polar surface area (TPSA) is 25.8 Å². The number of aryl methyl sites for hydroxylation is 1. The molecule has 0 saturated carbocycles. The van der Waals surface area contributed by atoms with Crippen LogP contribution in [0, 0.1) is 24.4 Å². The predicted octanol–water partition coefficient (Wildman–Crippen LogP) is 10.5. The van der Waals surface area contributed by atoms with Crippen LogP contribution in [0.2, 0.25) is 19.6 Å². The van der Waals surface area contributed by atoms with E-state index >= 15 is 0 Å².